The zero-order chi connectivity index (χ0) is 14.5. The van der Waals surface area contributed by atoms with Crippen LogP contribution >= 0.6 is 11.8 Å². The molecule has 0 aliphatic carbocycles. The van der Waals surface area contributed by atoms with Crippen molar-refractivity contribution in [2.45, 2.75) is 24.9 Å². The van der Waals surface area contributed by atoms with Crippen LogP contribution in [0.4, 0.5) is 5.82 Å². The Kier molecular flexibility index (Phi) is 4.79. The predicted molar refractivity (Wildman–Crippen MR) is 87.1 cm³/mol. The highest BCUT2D eigenvalue weighted by Gasteiger charge is 2.11. The summed E-state index contributed by atoms with van der Waals surface area (Å²) in [6.45, 7) is 8.07. The van der Waals surface area contributed by atoms with Gasteiger partial charge in [0, 0.05) is 11.6 Å². The first-order valence-electron chi connectivity index (χ1n) is 6.50. The summed E-state index contributed by atoms with van der Waals surface area (Å²) in [5.41, 5.74) is 3.45. The highest BCUT2D eigenvalue weighted by atomic mass is 32.2. The van der Waals surface area contributed by atoms with Crippen molar-refractivity contribution >= 4 is 23.7 Å². The molecule has 1 unspecified atom stereocenters. The molecule has 0 saturated carbocycles. The maximum absolute atomic E-state index is 4.33. The van der Waals surface area contributed by atoms with Crippen molar-refractivity contribution in [1.29, 1.82) is 0 Å². The van der Waals surface area contributed by atoms with Crippen LogP contribution in [0.5, 0.6) is 0 Å². The SMILES string of the molecule is C=Cc1c(NC(C)c2ccc(C)cc2)ncnc1SC. The van der Waals surface area contributed by atoms with E-state index in [1.807, 2.05) is 6.26 Å². The van der Waals surface area contributed by atoms with Crippen molar-refractivity contribution in [3.63, 3.8) is 0 Å². The molecule has 1 heterocycles. The lowest BCUT2D eigenvalue weighted by atomic mass is 10.1. The number of nitrogens with zero attached hydrogens (tertiary/aromatic N) is 2. The highest BCUT2D eigenvalue weighted by molar-refractivity contribution is 7.98. The zero-order valence-electron chi connectivity index (χ0n) is 12.1. The summed E-state index contributed by atoms with van der Waals surface area (Å²) in [5.74, 6) is 0.826. The monoisotopic (exact) mass is 285 g/mol. The van der Waals surface area contributed by atoms with Gasteiger partial charge < -0.3 is 5.32 Å². The van der Waals surface area contributed by atoms with Crippen LogP contribution in [0, 0.1) is 6.92 Å². The van der Waals surface area contributed by atoms with E-state index in [2.05, 4.69) is 60.0 Å². The molecule has 3 nitrogen and oxygen atoms in total. The molecule has 104 valence electrons. The van der Waals surface area contributed by atoms with Crippen LogP contribution in [0.15, 0.2) is 42.2 Å². The van der Waals surface area contributed by atoms with E-state index in [4.69, 9.17) is 0 Å². The average molecular weight is 285 g/mol. The molecule has 0 saturated heterocycles. The Morgan fingerprint density at radius 2 is 1.95 bits per heavy atom. The third kappa shape index (κ3) is 3.20. The summed E-state index contributed by atoms with van der Waals surface area (Å²) in [4.78, 5) is 8.60. The summed E-state index contributed by atoms with van der Waals surface area (Å²) < 4.78 is 0. The van der Waals surface area contributed by atoms with Gasteiger partial charge in [0.15, 0.2) is 0 Å². The Bertz CT molecular complexity index is 593. The minimum atomic E-state index is 0.180. The van der Waals surface area contributed by atoms with E-state index in [0.29, 0.717) is 0 Å². The number of aromatic nitrogens is 2. The Hall–Kier alpha value is -1.81. The second-order valence-corrected chi connectivity index (χ2v) is 5.42. The van der Waals surface area contributed by atoms with Crippen LogP contribution in [0.3, 0.4) is 0 Å². The lowest BCUT2D eigenvalue weighted by Crippen LogP contribution is -2.10. The fourth-order valence-corrected chi connectivity index (χ4v) is 2.54. The molecule has 1 aromatic carbocycles. The van der Waals surface area contributed by atoms with Crippen molar-refractivity contribution in [3.05, 3.63) is 53.9 Å². The molecule has 1 atom stereocenters. The normalized spacial score (nSPS) is 11.9. The van der Waals surface area contributed by atoms with Crippen molar-refractivity contribution in [2.24, 2.45) is 0 Å². The van der Waals surface area contributed by atoms with Crippen LogP contribution in [0.25, 0.3) is 6.08 Å². The number of anilines is 1. The summed E-state index contributed by atoms with van der Waals surface area (Å²) >= 11 is 1.60. The van der Waals surface area contributed by atoms with Gasteiger partial charge in [-0.25, -0.2) is 9.97 Å². The minimum Gasteiger partial charge on any atom is -0.363 e. The summed E-state index contributed by atoms with van der Waals surface area (Å²) in [7, 11) is 0. The van der Waals surface area contributed by atoms with Gasteiger partial charge in [0.2, 0.25) is 0 Å². The smallest absolute Gasteiger partial charge is 0.138 e. The molecular formula is C16H19N3S. The number of thioether (sulfide) groups is 1. The molecule has 20 heavy (non-hydrogen) atoms. The fourth-order valence-electron chi connectivity index (χ4n) is 1.98. The van der Waals surface area contributed by atoms with E-state index in [0.717, 1.165) is 16.4 Å². The van der Waals surface area contributed by atoms with Crippen molar-refractivity contribution in [3.8, 4) is 0 Å². The molecule has 0 aliphatic rings. The molecule has 0 radical (unpaired) electrons. The van der Waals surface area contributed by atoms with Gasteiger partial charge in [0.1, 0.15) is 17.2 Å². The molecule has 2 aromatic rings. The third-order valence-corrected chi connectivity index (χ3v) is 3.89. The summed E-state index contributed by atoms with van der Waals surface area (Å²) in [5, 5.41) is 4.37. The van der Waals surface area contributed by atoms with E-state index in [1.54, 1.807) is 24.2 Å². The quantitative estimate of drug-likeness (QED) is 0.655. The second kappa shape index (κ2) is 6.57. The molecule has 1 N–H and O–H groups in total. The molecule has 0 aliphatic heterocycles. The van der Waals surface area contributed by atoms with E-state index < -0.39 is 0 Å². The van der Waals surface area contributed by atoms with Gasteiger partial charge in [-0.05, 0) is 25.7 Å². The number of aryl methyl sites for hydroxylation is 1. The first-order valence-corrected chi connectivity index (χ1v) is 7.72. The minimum absolute atomic E-state index is 0.180. The van der Waals surface area contributed by atoms with Gasteiger partial charge in [-0.1, -0.05) is 42.5 Å². The lowest BCUT2D eigenvalue weighted by Gasteiger charge is -2.17. The first kappa shape index (κ1) is 14.6. The fraction of sp³-hybridized carbons (Fsp3) is 0.250. The summed E-state index contributed by atoms with van der Waals surface area (Å²) in [6.07, 6.45) is 5.39. The topological polar surface area (TPSA) is 37.8 Å². The highest BCUT2D eigenvalue weighted by Crippen LogP contribution is 2.27. The molecule has 0 fully saturated rings. The van der Waals surface area contributed by atoms with Crippen LogP contribution in [0.2, 0.25) is 0 Å². The number of rotatable bonds is 5. The third-order valence-electron chi connectivity index (χ3n) is 3.18. The Morgan fingerprint density at radius 1 is 1.25 bits per heavy atom. The van der Waals surface area contributed by atoms with Crippen molar-refractivity contribution < 1.29 is 0 Å². The van der Waals surface area contributed by atoms with E-state index in [9.17, 15) is 0 Å². The van der Waals surface area contributed by atoms with Gasteiger partial charge in [-0.15, -0.1) is 11.8 Å². The van der Waals surface area contributed by atoms with Crippen molar-refractivity contribution in [1.82, 2.24) is 9.97 Å². The second-order valence-electron chi connectivity index (χ2n) is 4.63. The van der Waals surface area contributed by atoms with E-state index in [-0.39, 0.29) is 6.04 Å². The predicted octanol–water partition coefficient (Wildman–Crippen LogP) is 4.32. The number of nitrogens with one attached hydrogen (secondary N) is 1. The van der Waals surface area contributed by atoms with Crippen LogP contribution in [0.1, 0.15) is 29.7 Å². The molecule has 0 spiro atoms. The average Bonchev–Trinajstić information content (AvgIpc) is 2.47. The standard InChI is InChI=1S/C16H19N3S/c1-5-14-15(17-10-18-16(14)20-4)19-12(3)13-8-6-11(2)7-9-13/h5-10,12H,1H2,2-4H3,(H,17,18,19). The number of hydrogen-bond acceptors (Lipinski definition) is 4. The van der Waals surface area contributed by atoms with Crippen LogP contribution < -0.4 is 5.32 Å². The maximum Gasteiger partial charge on any atom is 0.138 e. The Balaban J connectivity index is 2.25. The number of hydrogen-bond donors (Lipinski definition) is 1. The Labute approximate surface area is 124 Å². The van der Waals surface area contributed by atoms with Crippen molar-refractivity contribution in [2.75, 3.05) is 11.6 Å². The molecule has 1 aromatic heterocycles. The molecule has 4 heteroatoms. The van der Waals surface area contributed by atoms with E-state index >= 15 is 0 Å². The van der Waals surface area contributed by atoms with Crippen LogP contribution in [-0.2, 0) is 0 Å². The van der Waals surface area contributed by atoms with E-state index in [1.165, 1.54) is 11.1 Å². The first-order chi connectivity index (χ1) is 9.65. The van der Waals surface area contributed by atoms with Crippen LogP contribution in [-0.4, -0.2) is 16.2 Å². The molecule has 0 bridgehead atoms. The largest absolute Gasteiger partial charge is 0.363 e. The summed E-state index contributed by atoms with van der Waals surface area (Å²) in [6, 6.07) is 8.69. The lowest BCUT2D eigenvalue weighted by molar-refractivity contribution is 0.864. The maximum atomic E-state index is 4.33. The van der Waals surface area contributed by atoms with Gasteiger partial charge in [-0.3, -0.25) is 0 Å². The molecular weight excluding hydrogens is 266 g/mol. The van der Waals surface area contributed by atoms with Gasteiger partial charge in [0.25, 0.3) is 0 Å². The molecule has 0 amide bonds. The zero-order valence-corrected chi connectivity index (χ0v) is 12.9. The Morgan fingerprint density at radius 3 is 2.55 bits per heavy atom. The molecule has 2 rings (SSSR count). The van der Waals surface area contributed by atoms with Gasteiger partial charge in [-0.2, -0.15) is 0 Å². The number of benzene rings is 1. The van der Waals surface area contributed by atoms with Gasteiger partial charge in [0.05, 0.1) is 0 Å². The van der Waals surface area contributed by atoms with Gasteiger partial charge >= 0.3 is 0 Å².